The van der Waals surface area contributed by atoms with Crippen LogP contribution in [0, 0.1) is 5.92 Å². The molecule has 0 aromatic heterocycles. The lowest BCUT2D eigenvalue weighted by Gasteiger charge is -2.24. The van der Waals surface area contributed by atoms with Crippen LogP contribution >= 0.6 is 0 Å². The summed E-state index contributed by atoms with van der Waals surface area (Å²) in [4.78, 5) is 5.06. The normalized spacial score (nSPS) is 23.3. The Balaban J connectivity index is 2.09. The molecule has 0 radical (unpaired) electrons. The molecule has 17 heavy (non-hydrogen) atoms. The molecule has 0 bridgehead atoms. The van der Waals surface area contributed by atoms with E-state index in [9.17, 15) is 0 Å². The molecule has 1 aliphatic heterocycles. The number of unbranched alkanes of at least 4 members (excludes halogenated alkanes) is 1. The highest BCUT2D eigenvalue weighted by molar-refractivity contribution is 4.71. The molecule has 1 aliphatic rings. The molecule has 0 aromatic rings. The summed E-state index contributed by atoms with van der Waals surface area (Å²) in [5, 5.41) is 3.50. The molecule has 1 N–H and O–H groups in total. The van der Waals surface area contributed by atoms with Crippen molar-refractivity contribution in [2.45, 2.75) is 39.7 Å². The summed E-state index contributed by atoms with van der Waals surface area (Å²) in [7, 11) is 2.22. The van der Waals surface area contributed by atoms with Gasteiger partial charge in [0, 0.05) is 25.7 Å². The van der Waals surface area contributed by atoms with E-state index in [1.807, 2.05) is 0 Å². The van der Waals surface area contributed by atoms with Crippen LogP contribution in [0.15, 0.2) is 0 Å². The van der Waals surface area contributed by atoms with Crippen LogP contribution < -0.4 is 5.32 Å². The van der Waals surface area contributed by atoms with Crippen LogP contribution in [-0.2, 0) is 0 Å². The zero-order valence-corrected chi connectivity index (χ0v) is 12.2. The summed E-state index contributed by atoms with van der Waals surface area (Å²) in [5.74, 6) is 0.802. The zero-order chi connectivity index (χ0) is 12.7. The lowest BCUT2D eigenvalue weighted by Crippen LogP contribution is -2.31. The van der Waals surface area contributed by atoms with Gasteiger partial charge in [-0.05, 0) is 59.3 Å². The maximum Gasteiger partial charge on any atom is 0.0107 e. The van der Waals surface area contributed by atoms with Gasteiger partial charge in [-0.3, -0.25) is 0 Å². The summed E-state index contributed by atoms with van der Waals surface area (Å²) in [6, 6.07) is 0.678. The first-order valence-electron chi connectivity index (χ1n) is 7.23. The first-order valence-corrected chi connectivity index (χ1v) is 7.23. The molecule has 3 heteroatoms. The molecule has 1 heterocycles. The van der Waals surface area contributed by atoms with Crippen molar-refractivity contribution in [3.8, 4) is 0 Å². The van der Waals surface area contributed by atoms with Gasteiger partial charge in [0.05, 0.1) is 0 Å². The Hall–Kier alpha value is -0.120. The van der Waals surface area contributed by atoms with Crippen LogP contribution in [0.5, 0.6) is 0 Å². The average Bonchev–Trinajstić information content (AvgIpc) is 2.48. The highest BCUT2D eigenvalue weighted by Gasteiger charge is 2.13. The first-order chi connectivity index (χ1) is 8.09. The summed E-state index contributed by atoms with van der Waals surface area (Å²) in [5.41, 5.74) is 0. The van der Waals surface area contributed by atoms with Gasteiger partial charge in [0.2, 0.25) is 0 Å². The number of nitrogens with zero attached hydrogens (tertiary/aromatic N) is 2. The second-order valence-corrected chi connectivity index (χ2v) is 5.89. The maximum atomic E-state index is 3.50. The molecular weight excluding hydrogens is 210 g/mol. The molecule has 0 aromatic carbocycles. The summed E-state index contributed by atoms with van der Waals surface area (Å²) in [6.45, 7) is 14.2. The van der Waals surface area contributed by atoms with Gasteiger partial charge in [0.1, 0.15) is 0 Å². The van der Waals surface area contributed by atoms with Crippen molar-refractivity contribution in [2.75, 3.05) is 46.3 Å². The summed E-state index contributed by atoms with van der Waals surface area (Å²) in [6.07, 6.45) is 2.66. The number of rotatable bonds is 6. The Bertz CT molecular complexity index is 194. The monoisotopic (exact) mass is 241 g/mol. The first kappa shape index (κ1) is 14.9. The maximum absolute atomic E-state index is 3.50. The van der Waals surface area contributed by atoms with Crippen molar-refractivity contribution >= 4 is 0 Å². The average molecular weight is 241 g/mol. The van der Waals surface area contributed by atoms with E-state index in [1.165, 1.54) is 45.6 Å². The van der Waals surface area contributed by atoms with Gasteiger partial charge in [0.15, 0.2) is 0 Å². The van der Waals surface area contributed by atoms with Gasteiger partial charge in [-0.25, -0.2) is 0 Å². The van der Waals surface area contributed by atoms with Gasteiger partial charge in [-0.2, -0.15) is 0 Å². The second kappa shape index (κ2) is 8.06. The third kappa shape index (κ3) is 6.39. The number of hydrogen-bond donors (Lipinski definition) is 1. The molecule has 1 atom stereocenters. The highest BCUT2D eigenvalue weighted by atomic mass is 15.2. The van der Waals surface area contributed by atoms with E-state index in [0.29, 0.717) is 6.04 Å². The van der Waals surface area contributed by atoms with Crippen LogP contribution in [0.4, 0.5) is 0 Å². The fourth-order valence-electron chi connectivity index (χ4n) is 2.34. The van der Waals surface area contributed by atoms with Crippen molar-refractivity contribution < 1.29 is 0 Å². The minimum Gasteiger partial charge on any atom is -0.315 e. The summed E-state index contributed by atoms with van der Waals surface area (Å²) >= 11 is 0. The fourth-order valence-corrected chi connectivity index (χ4v) is 2.34. The smallest absolute Gasteiger partial charge is 0.0107 e. The van der Waals surface area contributed by atoms with Gasteiger partial charge < -0.3 is 15.1 Å². The Morgan fingerprint density at radius 1 is 1.35 bits per heavy atom. The molecule has 1 fully saturated rings. The minimum absolute atomic E-state index is 0.678. The molecule has 1 saturated heterocycles. The Labute approximate surface area is 108 Å². The van der Waals surface area contributed by atoms with E-state index in [2.05, 4.69) is 42.9 Å². The van der Waals surface area contributed by atoms with Crippen molar-refractivity contribution in [1.29, 1.82) is 0 Å². The SMILES string of the molecule is CC1CNCCN(CCCCN(C)C(C)C)C1. The topological polar surface area (TPSA) is 18.5 Å². The largest absolute Gasteiger partial charge is 0.315 e. The fraction of sp³-hybridized carbons (Fsp3) is 1.00. The van der Waals surface area contributed by atoms with Gasteiger partial charge in [0.25, 0.3) is 0 Å². The van der Waals surface area contributed by atoms with Crippen LogP contribution in [0.2, 0.25) is 0 Å². The molecule has 0 spiro atoms. The molecule has 1 unspecified atom stereocenters. The van der Waals surface area contributed by atoms with E-state index >= 15 is 0 Å². The third-order valence-electron chi connectivity index (χ3n) is 3.78. The quantitative estimate of drug-likeness (QED) is 0.713. The standard InChI is InChI=1S/C14H31N3/c1-13(2)16(4)8-5-6-9-17-10-7-15-11-14(3)12-17/h13-15H,5-12H2,1-4H3. The van der Waals surface area contributed by atoms with Crippen LogP contribution in [0.25, 0.3) is 0 Å². The number of hydrogen-bond acceptors (Lipinski definition) is 3. The summed E-state index contributed by atoms with van der Waals surface area (Å²) < 4.78 is 0. The molecule has 102 valence electrons. The lowest BCUT2D eigenvalue weighted by atomic mass is 10.1. The zero-order valence-electron chi connectivity index (χ0n) is 12.2. The van der Waals surface area contributed by atoms with E-state index < -0.39 is 0 Å². The van der Waals surface area contributed by atoms with E-state index in [1.54, 1.807) is 0 Å². The third-order valence-corrected chi connectivity index (χ3v) is 3.78. The predicted octanol–water partition coefficient (Wildman–Crippen LogP) is 1.65. The second-order valence-electron chi connectivity index (χ2n) is 5.89. The van der Waals surface area contributed by atoms with Crippen LogP contribution in [0.1, 0.15) is 33.6 Å². The van der Waals surface area contributed by atoms with Crippen molar-refractivity contribution in [2.24, 2.45) is 5.92 Å². The van der Waals surface area contributed by atoms with Crippen molar-refractivity contribution in [3.05, 3.63) is 0 Å². The van der Waals surface area contributed by atoms with E-state index in [0.717, 1.165) is 12.5 Å². The molecule has 3 nitrogen and oxygen atoms in total. The Morgan fingerprint density at radius 3 is 2.82 bits per heavy atom. The Kier molecular flexibility index (Phi) is 7.09. The number of nitrogens with one attached hydrogen (secondary N) is 1. The molecular formula is C14H31N3. The lowest BCUT2D eigenvalue weighted by molar-refractivity contribution is 0.236. The minimum atomic E-state index is 0.678. The van der Waals surface area contributed by atoms with E-state index in [4.69, 9.17) is 0 Å². The molecule has 0 aliphatic carbocycles. The van der Waals surface area contributed by atoms with Gasteiger partial charge in [-0.1, -0.05) is 6.92 Å². The van der Waals surface area contributed by atoms with Crippen LogP contribution in [-0.4, -0.2) is 62.2 Å². The predicted molar refractivity (Wildman–Crippen MR) is 75.5 cm³/mol. The van der Waals surface area contributed by atoms with Crippen LogP contribution in [0.3, 0.4) is 0 Å². The molecule has 1 rings (SSSR count). The molecule has 0 saturated carbocycles. The highest BCUT2D eigenvalue weighted by Crippen LogP contribution is 2.05. The van der Waals surface area contributed by atoms with Gasteiger partial charge >= 0.3 is 0 Å². The van der Waals surface area contributed by atoms with E-state index in [-0.39, 0.29) is 0 Å². The Morgan fingerprint density at radius 2 is 2.12 bits per heavy atom. The van der Waals surface area contributed by atoms with Crippen molar-refractivity contribution in [1.82, 2.24) is 15.1 Å². The van der Waals surface area contributed by atoms with Gasteiger partial charge in [-0.15, -0.1) is 0 Å². The molecule has 0 amide bonds. The van der Waals surface area contributed by atoms with Crippen molar-refractivity contribution in [3.63, 3.8) is 0 Å².